The molecule has 122 valence electrons. The van der Waals surface area contributed by atoms with Crippen LogP contribution in [0.4, 0.5) is 0 Å². The Labute approximate surface area is 139 Å². The molecule has 3 rings (SSSR count). The van der Waals surface area contributed by atoms with Gasteiger partial charge < -0.3 is 9.84 Å². The maximum Gasteiger partial charge on any atom is 0.124 e. The molecular formula is C21H26O2. The quantitative estimate of drug-likeness (QED) is 0.786. The maximum atomic E-state index is 10.1. The number of aromatic hydroxyl groups is 1. The Morgan fingerprint density at radius 1 is 0.957 bits per heavy atom. The highest BCUT2D eigenvalue weighted by Crippen LogP contribution is 2.49. The summed E-state index contributed by atoms with van der Waals surface area (Å²) in [5, 5.41) is 10.1. The van der Waals surface area contributed by atoms with Gasteiger partial charge >= 0.3 is 0 Å². The minimum atomic E-state index is -0.225. The second kappa shape index (κ2) is 5.02. The molecule has 1 aliphatic rings. The van der Waals surface area contributed by atoms with E-state index in [0.29, 0.717) is 5.75 Å². The fourth-order valence-electron chi connectivity index (χ4n) is 3.98. The van der Waals surface area contributed by atoms with Crippen molar-refractivity contribution in [3.05, 3.63) is 58.1 Å². The van der Waals surface area contributed by atoms with Gasteiger partial charge in [0.1, 0.15) is 17.1 Å². The van der Waals surface area contributed by atoms with Crippen LogP contribution in [0.2, 0.25) is 0 Å². The number of phenolic OH excluding ortho intramolecular Hbond substituents is 1. The number of hydrogen-bond acceptors (Lipinski definition) is 2. The molecule has 1 N–H and O–H groups in total. The van der Waals surface area contributed by atoms with Crippen molar-refractivity contribution in [3.63, 3.8) is 0 Å². The van der Waals surface area contributed by atoms with E-state index in [1.54, 1.807) is 0 Å². The van der Waals surface area contributed by atoms with E-state index in [4.69, 9.17) is 4.74 Å². The van der Waals surface area contributed by atoms with Crippen LogP contribution in [0.25, 0.3) is 0 Å². The first-order valence-corrected chi connectivity index (χ1v) is 8.23. The molecule has 23 heavy (non-hydrogen) atoms. The highest BCUT2D eigenvalue weighted by Gasteiger charge is 2.43. The zero-order valence-corrected chi connectivity index (χ0v) is 14.9. The number of aryl methyl sites for hydroxylation is 3. The summed E-state index contributed by atoms with van der Waals surface area (Å²) in [7, 11) is 0. The molecule has 1 heterocycles. The minimum Gasteiger partial charge on any atom is -0.507 e. The van der Waals surface area contributed by atoms with Crippen molar-refractivity contribution in [3.8, 4) is 11.5 Å². The van der Waals surface area contributed by atoms with Gasteiger partial charge in [0.25, 0.3) is 0 Å². The lowest BCUT2D eigenvalue weighted by Crippen LogP contribution is -2.43. The Morgan fingerprint density at radius 2 is 1.57 bits per heavy atom. The van der Waals surface area contributed by atoms with Crippen LogP contribution >= 0.6 is 0 Å². The lowest BCUT2D eigenvalue weighted by atomic mass is 9.67. The summed E-state index contributed by atoms with van der Waals surface area (Å²) < 4.78 is 6.23. The van der Waals surface area contributed by atoms with E-state index in [0.717, 1.165) is 23.3 Å². The summed E-state index contributed by atoms with van der Waals surface area (Å²) in [4.78, 5) is 0. The molecular weight excluding hydrogens is 284 g/mol. The standard InChI is InChI=1S/C21H26O2/c1-13-7-8-18-17(9-13)21(6,12-20(4,5)23-18)16-10-14(2)19(22)15(3)11-16/h7-11,22H,12H2,1-6H3. The van der Waals surface area contributed by atoms with Crippen LogP contribution in [0.3, 0.4) is 0 Å². The van der Waals surface area contributed by atoms with Crippen LogP contribution < -0.4 is 4.74 Å². The van der Waals surface area contributed by atoms with Gasteiger partial charge in [-0.2, -0.15) is 0 Å². The molecule has 0 bridgehead atoms. The Hall–Kier alpha value is -1.96. The topological polar surface area (TPSA) is 29.5 Å². The van der Waals surface area contributed by atoms with Crippen molar-refractivity contribution in [2.45, 2.75) is 59.0 Å². The molecule has 0 spiro atoms. The zero-order chi connectivity index (χ0) is 17.0. The second-order valence-electron chi connectivity index (χ2n) is 7.83. The molecule has 0 aromatic heterocycles. The van der Waals surface area contributed by atoms with Gasteiger partial charge in [0.2, 0.25) is 0 Å². The van der Waals surface area contributed by atoms with Gasteiger partial charge in [0.05, 0.1) is 0 Å². The smallest absolute Gasteiger partial charge is 0.124 e. The third-order valence-electron chi connectivity index (χ3n) is 5.02. The van der Waals surface area contributed by atoms with Crippen molar-refractivity contribution < 1.29 is 9.84 Å². The third kappa shape index (κ3) is 2.60. The van der Waals surface area contributed by atoms with E-state index in [9.17, 15) is 5.11 Å². The zero-order valence-electron chi connectivity index (χ0n) is 14.9. The second-order valence-corrected chi connectivity index (χ2v) is 7.83. The van der Waals surface area contributed by atoms with Crippen molar-refractivity contribution >= 4 is 0 Å². The molecule has 1 atom stereocenters. The lowest BCUT2D eigenvalue weighted by Gasteiger charge is -2.45. The van der Waals surface area contributed by atoms with Crippen LogP contribution in [0, 0.1) is 20.8 Å². The van der Waals surface area contributed by atoms with Crippen LogP contribution in [0.15, 0.2) is 30.3 Å². The highest BCUT2D eigenvalue weighted by atomic mass is 16.5. The molecule has 0 radical (unpaired) electrons. The van der Waals surface area contributed by atoms with Crippen LogP contribution in [0.5, 0.6) is 11.5 Å². The number of rotatable bonds is 1. The van der Waals surface area contributed by atoms with Crippen molar-refractivity contribution in [1.82, 2.24) is 0 Å². The summed E-state index contributed by atoms with van der Waals surface area (Å²) in [6, 6.07) is 10.7. The predicted octanol–water partition coefficient (Wildman–Crippen LogP) is 5.18. The fraction of sp³-hybridized carbons (Fsp3) is 0.429. The average molecular weight is 310 g/mol. The van der Waals surface area contributed by atoms with E-state index in [-0.39, 0.29) is 11.0 Å². The number of ether oxygens (including phenoxy) is 1. The van der Waals surface area contributed by atoms with Gasteiger partial charge in [-0.15, -0.1) is 0 Å². The van der Waals surface area contributed by atoms with Crippen molar-refractivity contribution in [2.24, 2.45) is 0 Å². The maximum absolute atomic E-state index is 10.1. The van der Waals surface area contributed by atoms with Gasteiger partial charge in [-0.3, -0.25) is 0 Å². The van der Waals surface area contributed by atoms with Gasteiger partial charge in [-0.1, -0.05) is 36.8 Å². The number of phenols is 1. The monoisotopic (exact) mass is 310 g/mol. The molecule has 0 amide bonds. The number of benzene rings is 2. The molecule has 1 aliphatic heterocycles. The molecule has 1 unspecified atom stereocenters. The molecule has 2 aromatic rings. The first-order chi connectivity index (χ1) is 10.6. The fourth-order valence-corrected chi connectivity index (χ4v) is 3.98. The van der Waals surface area contributed by atoms with E-state index >= 15 is 0 Å². The first-order valence-electron chi connectivity index (χ1n) is 8.23. The van der Waals surface area contributed by atoms with Crippen LogP contribution in [-0.2, 0) is 5.41 Å². The Morgan fingerprint density at radius 3 is 2.17 bits per heavy atom. The normalized spacial score (nSPS) is 22.3. The third-order valence-corrected chi connectivity index (χ3v) is 5.02. The summed E-state index contributed by atoms with van der Waals surface area (Å²) in [5.41, 5.74) is 5.23. The predicted molar refractivity (Wildman–Crippen MR) is 94.5 cm³/mol. The first kappa shape index (κ1) is 15.9. The average Bonchev–Trinajstić information content (AvgIpc) is 2.44. The number of hydrogen-bond donors (Lipinski definition) is 1. The van der Waals surface area contributed by atoms with Crippen molar-refractivity contribution in [1.29, 1.82) is 0 Å². The van der Waals surface area contributed by atoms with Crippen LogP contribution in [-0.4, -0.2) is 10.7 Å². The molecule has 2 aromatic carbocycles. The minimum absolute atomic E-state index is 0.133. The van der Waals surface area contributed by atoms with Gasteiger partial charge in [-0.25, -0.2) is 0 Å². The number of fused-ring (bicyclic) bond motifs is 1. The van der Waals surface area contributed by atoms with Gasteiger partial charge in [0.15, 0.2) is 0 Å². The van der Waals surface area contributed by atoms with E-state index in [1.807, 2.05) is 13.8 Å². The van der Waals surface area contributed by atoms with Gasteiger partial charge in [-0.05, 0) is 57.4 Å². The largest absolute Gasteiger partial charge is 0.507 e. The summed E-state index contributed by atoms with van der Waals surface area (Å²) in [5.74, 6) is 1.37. The molecule has 0 fully saturated rings. The summed E-state index contributed by atoms with van der Waals surface area (Å²) in [6.45, 7) is 12.6. The van der Waals surface area contributed by atoms with Crippen molar-refractivity contribution in [2.75, 3.05) is 0 Å². The summed E-state index contributed by atoms with van der Waals surface area (Å²) in [6.07, 6.45) is 0.903. The summed E-state index contributed by atoms with van der Waals surface area (Å²) >= 11 is 0. The Balaban J connectivity index is 2.26. The Bertz CT molecular complexity index is 750. The molecule has 0 aliphatic carbocycles. The van der Waals surface area contributed by atoms with Crippen LogP contribution in [0.1, 0.15) is 55.0 Å². The van der Waals surface area contributed by atoms with E-state index < -0.39 is 0 Å². The molecule has 0 saturated heterocycles. The highest BCUT2D eigenvalue weighted by molar-refractivity contribution is 5.54. The SMILES string of the molecule is Cc1ccc2c(c1)C(C)(c1cc(C)c(O)c(C)c1)CC(C)(C)O2. The van der Waals surface area contributed by atoms with Gasteiger partial charge in [0, 0.05) is 17.4 Å². The Kier molecular flexibility index (Phi) is 3.47. The lowest BCUT2D eigenvalue weighted by molar-refractivity contribution is 0.0582. The van der Waals surface area contributed by atoms with E-state index in [2.05, 4.69) is 58.0 Å². The van der Waals surface area contributed by atoms with E-state index in [1.165, 1.54) is 16.7 Å². The molecule has 0 saturated carbocycles. The molecule has 2 nitrogen and oxygen atoms in total. The molecule has 2 heteroatoms.